The van der Waals surface area contributed by atoms with Gasteiger partial charge in [-0.2, -0.15) is 0 Å². The zero-order chi connectivity index (χ0) is 23.1. The molecule has 4 amide bonds. The Balaban J connectivity index is 2.12. The molecule has 1 aliphatic carbocycles. The van der Waals surface area contributed by atoms with E-state index >= 15 is 0 Å². The molecular weight excluding hydrogens is 404 g/mol. The summed E-state index contributed by atoms with van der Waals surface area (Å²) < 4.78 is 4.86. The lowest BCUT2D eigenvalue weighted by molar-refractivity contribution is -0.131. The number of primary amides is 1. The number of cyclic esters (lactones) is 1. The minimum atomic E-state index is -1.28. The lowest BCUT2D eigenvalue weighted by Crippen LogP contribution is -2.51. The topological polar surface area (TPSA) is 183 Å². The number of allylic oxidation sites excluding steroid dienone is 5. The Labute approximate surface area is 179 Å². The summed E-state index contributed by atoms with van der Waals surface area (Å²) in [4.78, 5) is 49.5. The zero-order valence-corrected chi connectivity index (χ0v) is 17.1. The van der Waals surface area contributed by atoms with Gasteiger partial charge in [-0.3, -0.25) is 19.3 Å². The van der Waals surface area contributed by atoms with Gasteiger partial charge in [-0.15, -0.1) is 0 Å². The van der Waals surface area contributed by atoms with Gasteiger partial charge in [-0.25, -0.2) is 4.79 Å². The molecule has 8 N–H and O–H groups in total. The van der Waals surface area contributed by atoms with Crippen LogP contribution in [0, 0.1) is 0 Å². The Morgan fingerprint density at radius 1 is 1.29 bits per heavy atom. The van der Waals surface area contributed by atoms with Gasteiger partial charge in [-0.05, 0) is 25.2 Å². The van der Waals surface area contributed by atoms with Crippen molar-refractivity contribution in [2.75, 3.05) is 13.2 Å². The molecule has 11 heteroatoms. The standard InChI is InChI=1S/C20H26N6O5/c1-11-10-31-20(30)26(11)9-18(28)24-16(8-17(23)27)19(29)25-15-6-4-3-5-13(21)7-14(22)12(15)2/h3-7,11,16H,2,8-10,21-22H2,1H3,(H2,23,27)(H,24,28)(H,25,29)/b4-3-,13-5+,14-7?,15-6+/t11-,16+/m1/s1. The minimum absolute atomic E-state index is 0.162. The van der Waals surface area contributed by atoms with Gasteiger partial charge in [-0.1, -0.05) is 18.7 Å². The van der Waals surface area contributed by atoms with Crippen molar-refractivity contribution in [3.05, 3.63) is 59.6 Å². The smallest absolute Gasteiger partial charge is 0.410 e. The van der Waals surface area contributed by atoms with Gasteiger partial charge >= 0.3 is 6.09 Å². The summed E-state index contributed by atoms with van der Waals surface area (Å²) in [6.07, 6.45) is 6.81. The molecule has 0 aromatic rings. The van der Waals surface area contributed by atoms with E-state index < -0.39 is 36.3 Å². The molecule has 1 fully saturated rings. The maximum absolute atomic E-state index is 12.8. The van der Waals surface area contributed by atoms with Crippen LogP contribution in [0.5, 0.6) is 0 Å². The van der Waals surface area contributed by atoms with Crippen LogP contribution in [0.1, 0.15) is 13.3 Å². The molecule has 31 heavy (non-hydrogen) atoms. The molecule has 0 aromatic heterocycles. The first-order valence-corrected chi connectivity index (χ1v) is 9.41. The highest BCUT2D eigenvalue weighted by molar-refractivity contribution is 5.94. The van der Waals surface area contributed by atoms with Crippen LogP contribution in [0.15, 0.2) is 59.6 Å². The van der Waals surface area contributed by atoms with E-state index in [1.807, 2.05) is 0 Å². The molecule has 0 unspecified atom stereocenters. The van der Waals surface area contributed by atoms with E-state index in [0.717, 1.165) is 0 Å². The average Bonchev–Trinajstić information content (AvgIpc) is 3.02. The molecule has 166 valence electrons. The zero-order valence-electron chi connectivity index (χ0n) is 17.1. The Morgan fingerprint density at radius 2 is 1.97 bits per heavy atom. The van der Waals surface area contributed by atoms with E-state index in [0.29, 0.717) is 5.70 Å². The lowest BCUT2D eigenvalue weighted by Gasteiger charge is -2.22. The second kappa shape index (κ2) is 10.1. The maximum atomic E-state index is 12.8. The van der Waals surface area contributed by atoms with E-state index in [2.05, 4.69) is 17.2 Å². The van der Waals surface area contributed by atoms with Crippen LogP contribution in [0.25, 0.3) is 0 Å². The summed E-state index contributed by atoms with van der Waals surface area (Å²) in [5.74, 6) is -2.16. The maximum Gasteiger partial charge on any atom is 0.410 e. The quantitative estimate of drug-likeness (QED) is 0.343. The second-order valence-corrected chi connectivity index (χ2v) is 7.04. The SMILES string of the molecule is C=C1C(N)=C\C(N)=C/C=C\C=C/1NC(=O)[C@H](CC(N)=O)NC(=O)CN1C(=O)OC[C@H]1C. The van der Waals surface area contributed by atoms with Crippen molar-refractivity contribution in [2.24, 2.45) is 17.2 Å². The first kappa shape index (κ1) is 23.3. The summed E-state index contributed by atoms with van der Waals surface area (Å²) in [5.41, 5.74) is 18.1. The Hall–Kier alpha value is -4.02. The van der Waals surface area contributed by atoms with Crippen LogP contribution in [-0.2, 0) is 19.1 Å². The number of nitrogens with one attached hydrogen (secondary N) is 2. The van der Waals surface area contributed by atoms with Gasteiger partial charge < -0.3 is 32.6 Å². The molecule has 1 aliphatic heterocycles. The predicted octanol–water partition coefficient (Wildman–Crippen LogP) is -1.00. The van der Waals surface area contributed by atoms with Crippen molar-refractivity contribution < 1.29 is 23.9 Å². The molecular formula is C20H26N6O5. The fraction of sp³-hybridized carbons (Fsp3) is 0.300. The summed E-state index contributed by atoms with van der Waals surface area (Å²) >= 11 is 0. The molecule has 0 spiro atoms. The van der Waals surface area contributed by atoms with Gasteiger partial charge in [0.15, 0.2) is 0 Å². The van der Waals surface area contributed by atoms with Crippen LogP contribution in [0.2, 0.25) is 0 Å². The predicted molar refractivity (Wildman–Crippen MR) is 112 cm³/mol. The van der Waals surface area contributed by atoms with E-state index in [1.165, 1.54) is 11.0 Å². The van der Waals surface area contributed by atoms with Crippen LogP contribution in [0.3, 0.4) is 0 Å². The highest BCUT2D eigenvalue weighted by Gasteiger charge is 2.32. The van der Waals surface area contributed by atoms with Gasteiger partial charge in [0.2, 0.25) is 17.7 Å². The lowest BCUT2D eigenvalue weighted by atomic mass is 10.1. The van der Waals surface area contributed by atoms with Crippen molar-refractivity contribution in [1.29, 1.82) is 0 Å². The Morgan fingerprint density at radius 3 is 2.58 bits per heavy atom. The number of carbonyl (C=O) groups excluding carboxylic acids is 4. The van der Waals surface area contributed by atoms with Gasteiger partial charge in [0.1, 0.15) is 19.2 Å². The Bertz CT molecular complexity index is 917. The summed E-state index contributed by atoms with van der Waals surface area (Å²) in [7, 11) is 0. The van der Waals surface area contributed by atoms with E-state index in [9.17, 15) is 19.2 Å². The highest BCUT2D eigenvalue weighted by atomic mass is 16.6. The van der Waals surface area contributed by atoms with Crippen LogP contribution >= 0.6 is 0 Å². The van der Waals surface area contributed by atoms with Gasteiger partial charge in [0.05, 0.1) is 12.5 Å². The average molecular weight is 430 g/mol. The Kier molecular flexibility index (Phi) is 7.61. The largest absolute Gasteiger partial charge is 0.447 e. The third-order valence-corrected chi connectivity index (χ3v) is 4.50. The fourth-order valence-electron chi connectivity index (χ4n) is 2.80. The number of carbonyl (C=O) groups is 4. The number of nitrogens with two attached hydrogens (primary N) is 3. The number of rotatable bonds is 7. The number of hydrogen-bond donors (Lipinski definition) is 5. The highest BCUT2D eigenvalue weighted by Crippen LogP contribution is 2.15. The third kappa shape index (κ3) is 6.49. The van der Waals surface area contributed by atoms with Crippen LogP contribution in [0.4, 0.5) is 4.79 Å². The van der Waals surface area contributed by atoms with Crippen molar-refractivity contribution in [1.82, 2.24) is 15.5 Å². The first-order chi connectivity index (χ1) is 14.6. The van der Waals surface area contributed by atoms with Crippen molar-refractivity contribution in [3.8, 4) is 0 Å². The molecule has 0 bridgehead atoms. The van der Waals surface area contributed by atoms with Crippen LogP contribution < -0.4 is 27.8 Å². The third-order valence-electron chi connectivity index (χ3n) is 4.50. The van der Waals surface area contributed by atoms with E-state index in [1.54, 1.807) is 31.2 Å². The summed E-state index contributed by atoms with van der Waals surface area (Å²) in [6, 6.07) is -1.57. The monoisotopic (exact) mass is 430 g/mol. The normalized spacial score (nSPS) is 24.1. The molecule has 1 heterocycles. The number of hydrogen-bond acceptors (Lipinski definition) is 7. The second-order valence-electron chi connectivity index (χ2n) is 7.04. The fourth-order valence-corrected chi connectivity index (χ4v) is 2.80. The van der Waals surface area contributed by atoms with Crippen molar-refractivity contribution in [2.45, 2.75) is 25.4 Å². The minimum Gasteiger partial charge on any atom is -0.447 e. The molecule has 0 radical (unpaired) electrons. The van der Waals surface area contributed by atoms with E-state index in [-0.39, 0.29) is 36.2 Å². The number of amides is 4. The van der Waals surface area contributed by atoms with Gasteiger partial charge in [0, 0.05) is 22.7 Å². The number of ether oxygens (including phenoxy) is 1. The number of nitrogens with zero attached hydrogens (tertiary/aromatic N) is 1. The summed E-state index contributed by atoms with van der Waals surface area (Å²) in [6.45, 7) is 5.39. The molecule has 0 aromatic carbocycles. The van der Waals surface area contributed by atoms with Crippen molar-refractivity contribution >= 4 is 23.8 Å². The van der Waals surface area contributed by atoms with Crippen molar-refractivity contribution in [3.63, 3.8) is 0 Å². The molecule has 2 atom stereocenters. The molecule has 2 aliphatic rings. The molecule has 1 saturated heterocycles. The van der Waals surface area contributed by atoms with E-state index in [4.69, 9.17) is 21.9 Å². The molecule has 11 nitrogen and oxygen atoms in total. The summed E-state index contributed by atoms with van der Waals surface area (Å²) in [5, 5.41) is 5.02. The molecule has 2 rings (SSSR count). The first-order valence-electron chi connectivity index (χ1n) is 9.41. The van der Waals surface area contributed by atoms with Crippen LogP contribution in [-0.4, -0.2) is 54.0 Å². The van der Waals surface area contributed by atoms with Gasteiger partial charge in [0.25, 0.3) is 0 Å². The molecule has 0 saturated carbocycles.